The average molecular weight is 247 g/mol. The number of benzene rings is 1. The fraction of sp³-hybridized carbons (Fsp3) is 0.625. The molecule has 1 aliphatic carbocycles. The van der Waals surface area contributed by atoms with Crippen LogP contribution in [0.4, 0.5) is 0 Å². The van der Waals surface area contributed by atoms with Crippen LogP contribution in [0.15, 0.2) is 24.3 Å². The summed E-state index contributed by atoms with van der Waals surface area (Å²) in [5, 5.41) is 3.67. The lowest BCUT2D eigenvalue weighted by molar-refractivity contribution is 0.242. The van der Waals surface area contributed by atoms with Gasteiger partial charge in [0.05, 0.1) is 6.10 Å². The minimum atomic E-state index is 0.244. The zero-order valence-electron chi connectivity index (χ0n) is 11.8. The quantitative estimate of drug-likeness (QED) is 0.855. The Bertz CT molecular complexity index is 358. The second-order valence-electron chi connectivity index (χ2n) is 5.71. The fourth-order valence-electron chi connectivity index (χ4n) is 2.66. The first kappa shape index (κ1) is 13.4. The molecule has 0 bridgehead atoms. The maximum Gasteiger partial charge on any atom is 0.119 e. The van der Waals surface area contributed by atoms with Gasteiger partial charge in [-0.15, -0.1) is 0 Å². The third kappa shape index (κ3) is 3.74. The Kier molecular flexibility index (Phi) is 4.65. The van der Waals surface area contributed by atoms with E-state index in [9.17, 15) is 0 Å². The molecule has 1 aromatic carbocycles. The van der Waals surface area contributed by atoms with Crippen molar-refractivity contribution >= 4 is 0 Å². The van der Waals surface area contributed by atoms with Gasteiger partial charge in [-0.05, 0) is 50.3 Å². The topological polar surface area (TPSA) is 21.3 Å². The molecular formula is C16H25NO. The summed E-state index contributed by atoms with van der Waals surface area (Å²) in [5.74, 6) is 1.79. The molecule has 2 atom stereocenters. The van der Waals surface area contributed by atoms with Gasteiger partial charge in [-0.1, -0.05) is 25.5 Å². The molecule has 1 saturated carbocycles. The minimum Gasteiger partial charge on any atom is -0.491 e. The molecule has 1 aliphatic rings. The molecule has 1 aromatic rings. The van der Waals surface area contributed by atoms with Gasteiger partial charge in [0.2, 0.25) is 0 Å². The summed E-state index contributed by atoms with van der Waals surface area (Å²) in [6.07, 6.45) is 4.32. The Morgan fingerprint density at radius 1 is 1.22 bits per heavy atom. The third-order valence-electron chi connectivity index (χ3n) is 3.72. The molecule has 2 heteroatoms. The van der Waals surface area contributed by atoms with Crippen LogP contribution in [-0.2, 0) is 6.54 Å². The zero-order valence-corrected chi connectivity index (χ0v) is 11.8. The highest BCUT2D eigenvalue weighted by molar-refractivity contribution is 5.27. The lowest BCUT2D eigenvalue weighted by atomic mass is 10.1. The van der Waals surface area contributed by atoms with E-state index in [0.717, 1.165) is 18.2 Å². The molecule has 0 spiro atoms. The average Bonchev–Trinajstić information content (AvgIpc) is 2.73. The van der Waals surface area contributed by atoms with Crippen LogP contribution in [-0.4, -0.2) is 12.1 Å². The van der Waals surface area contributed by atoms with E-state index in [-0.39, 0.29) is 6.10 Å². The highest BCUT2D eigenvalue weighted by atomic mass is 16.5. The van der Waals surface area contributed by atoms with E-state index in [0.29, 0.717) is 6.04 Å². The zero-order chi connectivity index (χ0) is 13.0. The van der Waals surface area contributed by atoms with Gasteiger partial charge in [-0.25, -0.2) is 0 Å². The molecule has 0 aromatic heterocycles. The Labute approximate surface area is 111 Å². The van der Waals surface area contributed by atoms with Crippen LogP contribution >= 0.6 is 0 Å². The van der Waals surface area contributed by atoms with Gasteiger partial charge < -0.3 is 10.1 Å². The Morgan fingerprint density at radius 2 is 1.94 bits per heavy atom. The van der Waals surface area contributed by atoms with Crippen LogP contribution in [0, 0.1) is 5.92 Å². The van der Waals surface area contributed by atoms with E-state index in [4.69, 9.17) is 4.74 Å². The van der Waals surface area contributed by atoms with E-state index >= 15 is 0 Å². The summed E-state index contributed by atoms with van der Waals surface area (Å²) in [6, 6.07) is 9.15. The largest absolute Gasteiger partial charge is 0.491 e. The Morgan fingerprint density at radius 3 is 2.50 bits per heavy atom. The lowest BCUT2D eigenvalue weighted by Crippen LogP contribution is -2.30. The molecule has 0 aliphatic heterocycles. The van der Waals surface area contributed by atoms with Crippen LogP contribution in [0.1, 0.15) is 45.6 Å². The molecule has 18 heavy (non-hydrogen) atoms. The number of ether oxygens (including phenoxy) is 1. The summed E-state index contributed by atoms with van der Waals surface area (Å²) in [6.45, 7) is 7.43. The maximum atomic E-state index is 5.64. The molecule has 0 radical (unpaired) electrons. The first-order valence-corrected chi connectivity index (χ1v) is 7.14. The van der Waals surface area contributed by atoms with Crippen LogP contribution in [0.25, 0.3) is 0 Å². The molecule has 2 nitrogen and oxygen atoms in total. The summed E-state index contributed by atoms with van der Waals surface area (Å²) in [7, 11) is 0. The lowest BCUT2D eigenvalue weighted by Gasteiger charge is -2.17. The van der Waals surface area contributed by atoms with Crippen molar-refractivity contribution in [2.24, 2.45) is 5.92 Å². The van der Waals surface area contributed by atoms with E-state index in [1.807, 2.05) is 0 Å². The van der Waals surface area contributed by atoms with Crippen molar-refractivity contribution in [2.75, 3.05) is 0 Å². The van der Waals surface area contributed by atoms with Crippen molar-refractivity contribution in [1.82, 2.24) is 5.32 Å². The molecule has 2 unspecified atom stereocenters. The predicted octanol–water partition coefficient (Wildman–Crippen LogP) is 3.75. The summed E-state index contributed by atoms with van der Waals surface area (Å²) >= 11 is 0. The van der Waals surface area contributed by atoms with Gasteiger partial charge in [0.15, 0.2) is 0 Å². The minimum absolute atomic E-state index is 0.244. The molecule has 0 amide bonds. The first-order valence-electron chi connectivity index (χ1n) is 7.14. The fourth-order valence-corrected chi connectivity index (χ4v) is 2.66. The third-order valence-corrected chi connectivity index (χ3v) is 3.72. The summed E-state index contributed by atoms with van der Waals surface area (Å²) in [4.78, 5) is 0. The molecule has 100 valence electrons. The van der Waals surface area contributed by atoms with Gasteiger partial charge in [0.25, 0.3) is 0 Å². The monoisotopic (exact) mass is 247 g/mol. The van der Waals surface area contributed by atoms with Crippen molar-refractivity contribution in [1.29, 1.82) is 0 Å². The standard InChI is InChI=1S/C16H25NO/c1-12(2)18-15-9-7-14(8-10-15)11-17-16-6-4-5-13(16)3/h7-10,12-13,16-17H,4-6,11H2,1-3H3. The predicted molar refractivity (Wildman–Crippen MR) is 75.8 cm³/mol. The highest BCUT2D eigenvalue weighted by Crippen LogP contribution is 2.25. The van der Waals surface area contributed by atoms with Crippen LogP contribution in [0.5, 0.6) is 5.75 Å². The number of hydrogen-bond donors (Lipinski definition) is 1. The Balaban J connectivity index is 1.82. The highest BCUT2D eigenvalue weighted by Gasteiger charge is 2.22. The van der Waals surface area contributed by atoms with Gasteiger partial charge >= 0.3 is 0 Å². The smallest absolute Gasteiger partial charge is 0.119 e. The van der Waals surface area contributed by atoms with Crippen molar-refractivity contribution in [3.05, 3.63) is 29.8 Å². The van der Waals surface area contributed by atoms with Crippen LogP contribution < -0.4 is 10.1 Å². The second-order valence-corrected chi connectivity index (χ2v) is 5.71. The molecule has 0 heterocycles. The van der Waals surface area contributed by atoms with Crippen molar-refractivity contribution in [3.8, 4) is 5.75 Å². The van der Waals surface area contributed by atoms with E-state index in [2.05, 4.69) is 50.4 Å². The second kappa shape index (κ2) is 6.24. The SMILES string of the molecule is CC(C)Oc1ccc(CNC2CCCC2C)cc1. The molecule has 1 N–H and O–H groups in total. The van der Waals surface area contributed by atoms with Gasteiger partial charge in [0, 0.05) is 12.6 Å². The van der Waals surface area contributed by atoms with Crippen LogP contribution in [0.3, 0.4) is 0 Å². The summed E-state index contributed by atoms with van der Waals surface area (Å²) in [5.41, 5.74) is 1.34. The normalized spacial score (nSPS) is 23.6. The van der Waals surface area contributed by atoms with E-state index in [1.54, 1.807) is 0 Å². The molecular weight excluding hydrogens is 222 g/mol. The molecule has 0 saturated heterocycles. The van der Waals surface area contributed by atoms with Crippen molar-refractivity contribution in [3.63, 3.8) is 0 Å². The van der Waals surface area contributed by atoms with Crippen molar-refractivity contribution < 1.29 is 4.74 Å². The maximum absolute atomic E-state index is 5.64. The van der Waals surface area contributed by atoms with Gasteiger partial charge in [0.1, 0.15) is 5.75 Å². The van der Waals surface area contributed by atoms with E-state index < -0.39 is 0 Å². The van der Waals surface area contributed by atoms with E-state index in [1.165, 1.54) is 24.8 Å². The molecule has 1 fully saturated rings. The Hall–Kier alpha value is -1.02. The van der Waals surface area contributed by atoms with Crippen molar-refractivity contribution in [2.45, 2.75) is 58.7 Å². The number of rotatable bonds is 5. The van der Waals surface area contributed by atoms with Gasteiger partial charge in [-0.2, -0.15) is 0 Å². The first-order chi connectivity index (χ1) is 8.65. The van der Waals surface area contributed by atoms with Gasteiger partial charge in [-0.3, -0.25) is 0 Å². The summed E-state index contributed by atoms with van der Waals surface area (Å²) < 4.78 is 5.64. The van der Waals surface area contributed by atoms with Crippen LogP contribution in [0.2, 0.25) is 0 Å². The number of nitrogens with one attached hydrogen (secondary N) is 1. The molecule has 2 rings (SSSR count). The number of hydrogen-bond acceptors (Lipinski definition) is 2.